The van der Waals surface area contributed by atoms with E-state index in [1.807, 2.05) is 31.2 Å². The first kappa shape index (κ1) is 20.9. The number of rotatable bonds is 10. The predicted octanol–water partition coefficient (Wildman–Crippen LogP) is 5.44. The lowest BCUT2D eigenvalue weighted by Crippen LogP contribution is -2.17. The fourth-order valence-corrected chi connectivity index (χ4v) is 3.08. The molecule has 0 saturated carbocycles. The van der Waals surface area contributed by atoms with Crippen molar-refractivity contribution in [2.24, 2.45) is 0 Å². The second-order valence-corrected chi connectivity index (χ2v) is 7.00. The van der Waals surface area contributed by atoms with Gasteiger partial charge in [0.25, 0.3) is 0 Å². The molecule has 0 aromatic heterocycles. The number of para-hydroxylation sites is 1. The van der Waals surface area contributed by atoms with E-state index >= 15 is 0 Å². The van der Waals surface area contributed by atoms with Crippen molar-refractivity contribution in [2.75, 3.05) is 13.2 Å². The van der Waals surface area contributed by atoms with E-state index in [1.54, 1.807) is 0 Å². The molecule has 0 spiro atoms. The van der Waals surface area contributed by atoms with Gasteiger partial charge in [0.05, 0.1) is 6.61 Å². The summed E-state index contributed by atoms with van der Waals surface area (Å²) in [7, 11) is 0. The van der Waals surface area contributed by atoms with Crippen LogP contribution in [-0.4, -0.2) is 13.2 Å². The molecule has 3 aromatic rings. The van der Waals surface area contributed by atoms with Crippen molar-refractivity contribution in [3.05, 3.63) is 94.8 Å². The average molecular weight is 394 g/mol. The van der Waals surface area contributed by atoms with Gasteiger partial charge in [-0.2, -0.15) is 0 Å². The van der Waals surface area contributed by atoms with Crippen LogP contribution >= 0.6 is 0 Å². The van der Waals surface area contributed by atoms with E-state index in [9.17, 15) is 4.39 Å². The Morgan fingerprint density at radius 2 is 1.59 bits per heavy atom. The molecular formula is C25H28FNO2. The van der Waals surface area contributed by atoms with Crippen LogP contribution < -0.4 is 14.8 Å². The smallest absolute Gasteiger partial charge is 0.166 e. The third-order valence-electron chi connectivity index (χ3n) is 4.68. The molecule has 0 bridgehead atoms. The summed E-state index contributed by atoms with van der Waals surface area (Å²) in [5.41, 5.74) is 4.52. The van der Waals surface area contributed by atoms with Crippen LogP contribution in [-0.2, 0) is 19.6 Å². The van der Waals surface area contributed by atoms with Crippen molar-refractivity contribution in [3.8, 4) is 11.5 Å². The van der Waals surface area contributed by atoms with Crippen LogP contribution in [0.5, 0.6) is 11.5 Å². The standard InChI is InChI=1S/C25H28FNO2/c1-3-28-24-6-4-5-22(17-27-16-15-20-11-13-23(26)14-12-20)25(24)29-18-21-9-7-19(2)8-10-21/h4-14,27H,3,15-18H2,1-2H3. The van der Waals surface area contributed by atoms with E-state index in [1.165, 1.54) is 17.7 Å². The van der Waals surface area contributed by atoms with Gasteiger partial charge in [-0.25, -0.2) is 4.39 Å². The SMILES string of the molecule is CCOc1cccc(CNCCc2ccc(F)cc2)c1OCc1ccc(C)cc1. The van der Waals surface area contributed by atoms with Crippen LogP contribution in [0.25, 0.3) is 0 Å². The monoisotopic (exact) mass is 393 g/mol. The van der Waals surface area contributed by atoms with Gasteiger partial charge < -0.3 is 14.8 Å². The van der Waals surface area contributed by atoms with Crippen molar-refractivity contribution in [1.82, 2.24) is 5.32 Å². The molecule has 0 radical (unpaired) electrons. The zero-order valence-corrected chi connectivity index (χ0v) is 17.1. The van der Waals surface area contributed by atoms with Crippen molar-refractivity contribution >= 4 is 0 Å². The average Bonchev–Trinajstić information content (AvgIpc) is 2.73. The minimum absolute atomic E-state index is 0.204. The number of halogens is 1. The topological polar surface area (TPSA) is 30.5 Å². The van der Waals surface area contributed by atoms with Crippen LogP contribution in [0.1, 0.15) is 29.2 Å². The second kappa shape index (κ2) is 10.6. The fourth-order valence-electron chi connectivity index (χ4n) is 3.08. The minimum Gasteiger partial charge on any atom is -0.490 e. The molecule has 0 aliphatic rings. The van der Waals surface area contributed by atoms with E-state index in [0.29, 0.717) is 19.8 Å². The molecule has 0 aliphatic carbocycles. The van der Waals surface area contributed by atoms with Crippen molar-refractivity contribution in [2.45, 2.75) is 33.4 Å². The second-order valence-electron chi connectivity index (χ2n) is 7.00. The molecule has 152 valence electrons. The van der Waals surface area contributed by atoms with Gasteiger partial charge >= 0.3 is 0 Å². The lowest BCUT2D eigenvalue weighted by atomic mass is 10.1. The number of hydrogen-bond donors (Lipinski definition) is 1. The van der Waals surface area contributed by atoms with Gasteiger partial charge in [-0.15, -0.1) is 0 Å². The third-order valence-corrected chi connectivity index (χ3v) is 4.68. The van der Waals surface area contributed by atoms with Crippen molar-refractivity contribution < 1.29 is 13.9 Å². The summed E-state index contributed by atoms with van der Waals surface area (Å²) in [6.45, 7) is 6.59. The summed E-state index contributed by atoms with van der Waals surface area (Å²) < 4.78 is 25.0. The lowest BCUT2D eigenvalue weighted by molar-refractivity contribution is 0.266. The summed E-state index contributed by atoms with van der Waals surface area (Å²) in [5, 5.41) is 3.45. The summed E-state index contributed by atoms with van der Waals surface area (Å²) in [6.07, 6.45) is 0.838. The number of hydrogen-bond acceptors (Lipinski definition) is 3. The number of aryl methyl sites for hydroxylation is 1. The molecule has 3 nitrogen and oxygen atoms in total. The highest BCUT2D eigenvalue weighted by Gasteiger charge is 2.11. The molecule has 0 aliphatic heterocycles. The summed E-state index contributed by atoms with van der Waals surface area (Å²) >= 11 is 0. The van der Waals surface area contributed by atoms with Gasteiger partial charge in [-0.3, -0.25) is 0 Å². The van der Waals surface area contributed by atoms with Gasteiger partial charge in [0, 0.05) is 12.1 Å². The van der Waals surface area contributed by atoms with E-state index < -0.39 is 0 Å². The van der Waals surface area contributed by atoms with Crippen molar-refractivity contribution in [1.29, 1.82) is 0 Å². The Hall–Kier alpha value is -2.85. The zero-order chi connectivity index (χ0) is 20.5. The lowest BCUT2D eigenvalue weighted by Gasteiger charge is -2.16. The summed E-state index contributed by atoms with van der Waals surface area (Å²) in [4.78, 5) is 0. The Balaban J connectivity index is 1.62. The van der Waals surface area contributed by atoms with Gasteiger partial charge in [0.2, 0.25) is 0 Å². The largest absolute Gasteiger partial charge is 0.490 e. The maximum absolute atomic E-state index is 13.0. The third kappa shape index (κ3) is 6.33. The Morgan fingerprint density at radius 1 is 0.862 bits per heavy atom. The van der Waals surface area contributed by atoms with Gasteiger partial charge in [0.15, 0.2) is 11.5 Å². The fraction of sp³-hybridized carbons (Fsp3) is 0.280. The molecule has 0 saturated heterocycles. The molecule has 3 rings (SSSR count). The van der Waals surface area contributed by atoms with Gasteiger partial charge in [-0.1, -0.05) is 54.1 Å². The Labute approximate surface area is 172 Å². The molecule has 0 fully saturated rings. The Morgan fingerprint density at radius 3 is 2.31 bits per heavy atom. The summed E-state index contributed by atoms with van der Waals surface area (Å²) in [6, 6.07) is 21.0. The molecule has 0 amide bonds. The molecule has 1 N–H and O–H groups in total. The van der Waals surface area contributed by atoms with E-state index in [0.717, 1.165) is 41.2 Å². The Bertz CT molecular complexity index is 892. The minimum atomic E-state index is -0.204. The predicted molar refractivity (Wildman–Crippen MR) is 115 cm³/mol. The van der Waals surface area contributed by atoms with E-state index in [-0.39, 0.29) is 5.82 Å². The number of benzene rings is 3. The molecule has 0 unspecified atom stereocenters. The Kier molecular flexibility index (Phi) is 7.65. The zero-order valence-electron chi connectivity index (χ0n) is 17.1. The number of nitrogens with one attached hydrogen (secondary N) is 1. The maximum Gasteiger partial charge on any atom is 0.166 e. The molecule has 0 atom stereocenters. The van der Waals surface area contributed by atoms with E-state index in [4.69, 9.17) is 9.47 Å². The van der Waals surface area contributed by atoms with Gasteiger partial charge in [0.1, 0.15) is 12.4 Å². The molecule has 3 aromatic carbocycles. The van der Waals surface area contributed by atoms with Crippen LogP contribution in [0, 0.1) is 12.7 Å². The number of ether oxygens (including phenoxy) is 2. The van der Waals surface area contributed by atoms with Crippen molar-refractivity contribution in [3.63, 3.8) is 0 Å². The van der Waals surface area contributed by atoms with Crippen LogP contribution in [0.3, 0.4) is 0 Å². The van der Waals surface area contributed by atoms with Crippen LogP contribution in [0.4, 0.5) is 4.39 Å². The van der Waals surface area contributed by atoms with Crippen LogP contribution in [0.15, 0.2) is 66.7 Å². The first-order valence-electron chi connectivity index (χ1n) is 10.0. The first-order valence-corrected chi connectivity index (χ1v) is 10.0. The molecule has 29 heavy (non-hydrogen) atoms. The highest BCUT2D eigenvalue weighted by atomic mass is 19.1. The molecular weight excluding hydrogens is 365 g/mol. The maximum atomic E-state index is 13.0. The molecule has 4 heteroatoms. The quantitative estimate of drug-likeness (QED) is 0.465. The van der Waals surface area contributed by atoms with Crippen LogP contribution in [0.2, 0.25) is 0 Å². The normalized spacial score (nSPS) is 10.7. The van der Waals surface area contributed by atoms with Gasteiger partial charge in [-0.05, 0) is 56.1 Å². The highest BCUT2D eigenvalue weighted by molar-refractivity contribution is 5.47. The highest BCUT2D eigenvalue weighted by Crippen LogP contribution is 2.32. The molecule has 0 heterocycles. The van der Waals surface area contributed by atoms with E-state index in [2.05, 4.69) is 42.6 Å². The first-order chi connectivity index (χ1) is 14.2. The summed E-state index contributed by atoms with van der Waals surface area (Å²) in [5.74, 6) is 1.34.